The van der Waals surface area contributed by atoms with Crippen LogP contribution in [0.15, 0.2) is 48.7 Å². The minimum atomic E-state index is -3.49. The zero-order valence-corrected chi connectivity index (χ0v) is 20.0. The average molecular weight is 503 g/mol. The highest BCUT2D eigenvalue weighted by molar-refractivity contribution is 7.92. The van der Waals surface area contributed by atoms with Crippen molar-refractivity contribution >= 4 is 56.4 Å². The summed E-state index contributed by atoms with van der Waals surface area (Å²) in [7, 11) is -1.97. The van der Waals surface area contributed by atoms with Gasteiger partial charge >= 0.3 is 0 Å². The Bertz CT molecular complexity index is 1330. The van der Waals surface area contributed by atoms with Crippen LogP contribution >= 0.6 is 11.6 Å². The van der Waals surface area contributed by atoms with Gasteiger partial charge in [-0.05, 0) is 43.2 Å². The van der Waals surface area contributed by atoms with Crippen LogP contribution in [0, 0.1) is 0 Å². The van der Waals surface area contributed by atoms with Gasteiger partial charge in [-0.25, -0.2) is 13.4 Å². The lowest BCUT2D eigenvalue weighted by atomic mass is 10.1. The molecule has 4 N–H and O–H groups in total. The molecule has 1 saturated carbocycles. The SMILES string of the molecule is COc1ccc(C(=O)NC2CC2)cc1Nc1ncc(Cl)c(Nc2ccccc2NS(C)(=O)=O)n1. The summed E-state index contributed by atoms with van der Waals surface area (Å²) in [5.74, 6) is 0.781. The zero-order chi connectivity index (χ0) is 24.3. The van der Waals surface area contributed by atoms with E-state index in [4.69, 9.17) is 16.3 Å². The molecule has 0 saturated heterocycles. The fraction of sp³-hybridized carbons (Fsp3) is 0.227. The summed E-state index contributed by atoms with van der Waals surface area (Å²) >= 11 is 6.28. The number of halogens is 1. The number of aromatic nitrogens is 2. The number of nitrogens with one attached hydrogen (secondary N) is 4. The molecule has 1 fully saturated rings. The normalized spacial score (nSPS) is 13.1. The molecular formula is C22H23ClN6O4S. The van der Waals surface area contributed by atoms with Crippen LogP contribution in [-0.4, -0.2) is 43.7 Å². The average Bonchev–Trinajstić information content (AvgIpc) is 3.60. The van der Waals surface area contributed by atoms with Crippen LogP contribution in [0.1, 0.15) is 23.2 Å². The number of rotatable bonds is 9. The van der Waals surface area contributed by atoms with E-state index in [1.54, 1.807) is 42.5 Å². The van der Waals surface area contributed by atoms with Crippen molar-refractivity contribution in [2.75, 3.05) is 28.7 Å². The second-order valence-electron chi connectivity index (χ2n) is 7.72. The summed E-state index contributed by atoms with van der Waals surface area (Å²) in [6.45, 7) is 0. The smallest absolute Gasteiger partial charge is 0.251 e. The molecule has 0 atom stereocenters. The minimum Gasteiger partial charge on any atom is -0.495 e. The Labute approximate surface area is 202 Å². The van der Waals surface area contributed by atoms with E-state index >= 15 is 0 Å². The first-order valence-corrected chi connectivity index (χ1v) is 12.6. The van der Waals surface area contributed by atoms with Crippen molar-refractivity contribution in [1.29, 1.82) is 0 Å². The molecule has 0 spiro atoms. The summed E-state index contributed by atoms with van der Waals surface area (Å²) in [4.78, 5) is 21.1. The van der Waals surface area contributed by atoms with E-state index in [1.807, 2.05) is 0 Å². The maximum atomic E-state index is 12.4. The Kier molecular flexibility index (Phi) is 6.75. The number of carbonyl (C=O) groups excluding carboxylic acids is 1. The highest BCUT2D eigenvalue weighted by Gasteiger charge is 2.24. The monoisotopic (exact) mass is 502 g/mol. The van der Waals surface area contributed by atoms with E-state index in [-0.39, 0.29) is 28.7 Å². The summed E-state index contributed by atoms with van der Waals surface area (Å²) < 4.78 is 31.2. The van der Waals surface area contributed by atoms with Crippen molar-refractivity contribution in [2.45, 2.75) is 18.9 Å². The van der Waals surface area contributed by atoms with Gasteiger partial charge in [0.25, 0.3) is 5.91 Å². The lowest BCUT2D eigenvalue weighted by Gasteiger charge is -2.15. The molecule has 12 heteroatoms. The number of hydrogen-bond acceptors (Lipinski definition) is 8. The van der Waals surface area contributed by atoms with Crippen molar-refractivity contribution in [3.05, 3.63) is 59.2 Å². The first-order chi connectivity index (χ1) is 16.2. The Balaban J connectivity index is 1.59. The maximum Gasteiger partial charge on any atom is 0.251 e. The predicted octanol–water partition coefficient (Wildman–Crippen LogP) is 3.89. The number of amides is 1. The van der Waals surface area contributed by atoms with Crippen molar-refractivity contribution < 1.29 is 17.9 Å². The lowest BCUT2D eigenvalue weighted by molar-refractivity contribution is 0.0951. The molecule has 0 radical (unpaired) electrons. The van der Waals surface area contributed by atoms with Gasteiger partial charge in [0, 0.05) is 11.6 Å². The molecule has 0 aliphatic heterocycles. The first-order valence-electron chi connectivity index (χ1n) is 10.3. The van der Waals surface area contributed by atoms with E-state index in [1.165, 1.54) is 13.3 Å². The fourth-order valence-electron chi connectivity index (χ4n) is 3.09. The van der Waals surface area contributed by atoms with Gasteiger partial charge in [-0.1, -0.05) is 23.7 Å². The topological polar surface area (TPSA) is 134 Å². The van der Waals surface area contributed by atoms with Crippen LogP contribution in [0.4, 0.5) is 28.8 Å². The predicted molar refractivity (Wildman–Crippen MR) is 132 cm³/mol. The molecule has 2 aromatic carbocycles. The molecule has 1 amide bonds. The minimum absolute atomic E-state index is 0.164. The Morgan fingerprint density at radius 2 is 1.82 bits per heavy atom. The van der Waals surface area contributed by atoms with Crippen LogP contribution in [0.2, 0.25) is 5.02 Å². The summed E-state index contributed by atoms with van der Waals surface area (Å²) in [6.07, 6.45) is 4.45. The highest BCUT2D eigenvalue weighted by Crippen LogP contribution is 2.32. The van der Waals surface area contributed by atoms with E-state index in [0.717, 1.165) is 19.1 Å². The molecule has 0 unspecified atom stereocenters. The van der Waals surface area contributed by atoms with Gasteiger partial charge in [0.2, 0.25) is 16.0 Å². The molecule has 1 aliphatic carbocycles. The number of benzene rings is 2. The third-order valence-electron chi connectivity index (χ3n) is 4.84. The van der Waals surface area contributed by atoms with E-state index < -0.39 is 10.0 Å². The number of carbonyl (C=O) groups is 1. The zero-order valence-electron chi connectivity index (χ0n) is 18.4. The quantitative estimate of drug-likeness (QED) is 0.346. The molecule has 34 heavy (non-hydrogen) atoms. The standard InChI is InChI=1S/C22H23ClN6O4S/c1-33-19-10-7-13(21(30)25-14-8-9-14)11-18(19)27-22-24-12-15(23)20(28-22)26-16-5-3-4-6-17(16)29-34(2,31)32/h3-7,10-12,14,29H,8-9H2,1-2H3,(H,25,30)(H2,24,26,27,28). The Hall–Kier alpha value is -3.57. The molecular weight excluding hydrogens is 480 g/mol. The van der Waals surface area contributed by atoms with E-state index in [2.05, 4.69) is 30.6 Å². The second-order valence-corrected chi connectivity index (χ2v) is 9.88. The molecule has 1 aromatic heterocycles. The summed E-state index contributed by atoms with van der Waals surface area (Å²) in [5.41, 5.74) is 1.77. The number of hydrogen-bond donors (Lipinski definition) is 4. The number of methoxy groups -OCH3 is 1. The van der Waals surface area contributed by atoms with Gasteiger partial charge in [-0.3, -0.25) is 9.52 Å². The van der Waals surface area contributed by atoms with Gasteiger partial charge in [0.05, 0.1) is 36.6 Å². The molecule has 3 aromatic rings. The highest BCUT2D eigenvalue weighted by atomic mass is 35.5. The van der Waals surface area contributed by atoms with E-state index in [0.29, 0.717) is 28.4 Å². The Morgan fingerprint density at radius 1 is 1.09 bits per heavy atom. The number of anilines is 5. The van der Waals surface area contributed by atoms with Gasteiger partial charge in [0.1, 0.15) is 10.8 Å². The van der Waals surface area contributed by atoms with Gasteiger partial charge in [-0.15, -0.1) is 0 Å². The van der Waals surface area contributed by atoms with Gasteiger partial charge in [0.15, 0.2) is 5.82 Å². The summed E-state index contributed by atoms with van der Waals surface area (Å²) in [5, 5.41) is 9.26. The van der Waals surface area contributed by atoms with E-state index in [9.17, 15) is 13.2 Å². The molecule has 178 valence electrons. The number of nitrogens with zero attached hydrogens (tertiary/aromatic N) is 2. The van der Waals surface area contributed by atoms with Crippen molar-refractivity contribution in [3.8, 4) is 5.75 Å². The maximum absolute atomic E-state index is 12.4. The van der Waals surface area contributed by atoms with Gasteiger partial charge in [-0.2, -0.15) is 4.98 Å². The van der Waals surface area contributed by atoms with Crippen LogP contribution in [-0.2, 0) is 10.0 Å². The largest absolute Gasteiger partial charge is 0.495 e. The number of sulfonamides is 1. The molecule has 0 bridgehead atoms. The lowest BCUT2D eigenvalue weighted by Crippen LogP contribution is -2.25. The van der Waals surface area contributed by atoms with Crippen LogP contribution in [0.5, 0.6) is 5.75 Å². The first kappa shape index (κ1) is 23.6. The van der Waals surface area contributed by atoms with Crippen LogP contribution < -0.4 is 25.4 Å². The van der Waals surface area contributed by atoms with Crippen molar-refractivity contribution in [3.63, 3.8) is 0 Å². The fourth-order valence-corrected chi connectivity index (χ4v) is 3.80. The number of ether oxygens (including phenoxy) is 1. The third-order valence-corrected chi connectivity index (χ3v) is 5.71. The van der Waals surface area contributed by atoms with Gasteiger partial charge < -0.3 is 20.7 Å². The van der Waals surface area contributed by atoms with Crippen LogP contribution in [0.25, 0.3) is 0 Å². The molecule has 1 heterocycles. The second kappa shape index (κ2) is 9.74. The summed E-state index contributed by atoms with van der Waals surface area (Å²) in [6, 6.07) is 12.0. The van der Waals surface area contributed by atoms with Crippen molar-refractivity contribution in [2.24, 2.45) is 0 Å². The third kappa shape index (κ3) is 6.06. The molecule has 1 aliphatic rings. The van der Waals surface area contributed by atoms with Crippen LogP contribution in [0.3, 0.4) is 0 Å². The Morgan fingerprint density at radius 3 is 2.50 bits per heavy atom. The number of para-hydroxylation sites is 2. The van der Waals surface area contributed by atoms with Crippen molar-refractivity contribution in [1.82, 2.24) is 15.3 Å². The molecule has 4 rings (SSSR count). The molecule has 10 nitrogen and oxygen atoms in total.